The summed E-state index contributed by atoms with van der Waals surface area (Å²) >= 11 is 0. The Labute approximate surface area is 124 Å². The topological polar surface area (TPSA) is 64.5 Å². The third-order valence-electron chi connectivity index (χ3n) is 3.04. The summed E-state index contributed by atoms with van der Waals surface area (Å²) in [5, 5.41) is 8.08. The van der Waals surface area contributed by atoms with Crippen molar-refractivity contribution in [1.29, 1.82) is 0 Å². The SMILES string of the molecule is COc1ccc(C2=CCN(C(=O)OC(C)(C)C)CC2)nn1. The highest BCUT2D eigenvalue weighted by Gasteiger charge is 2.24. The molecule has 21 heavy (non-hydrogen) atoms. The zero-order valence-corrected chi connectivity index (χ0v) is 12.9. The molecule has 1 aliphatic rings. The number of methoxy groups -OCH3 is 1. The Morgan fingerprint density at radius 1 is 1.29 bits per heavy atom. The minimum atomic E-state index is -0.470. The molecule has 0 aromatic carbocycles. The van der Waals surface area contributed by atoms with Gasteiger partial charge in [0.2, 0.25) is 5.88 Å². The van der Waals surface area contributed by atoms with Crippen LogP contribution >= 0.6 is 0 Å². The molecule has 2 rings (SSSR count). The molecule has 0 spiro atoms. The number of nitrogens with zero attached hydrogens (tertiary/aromatic N) is 3. The lowest BCUT2D eigenvalue weighted by atomic mass is 10.0. The van der Waals surface area contributed by atoms with Crippen LogP contribution in [-0.4, -0.2) is 47.0 Å². The Balaban J connectivity index is 1.99. The fourth-order valence-corrected chi connectivity index (χ4v) is 1.99. The van der Waals surface area contributed by atoms with Gasteiger partial charge in [-0.1, -0.05) is 6.08 Å². The van der Waals surface area contributed by atoms with E-state index in [-0.39, 0.29) is 6.09 Å². The minimum absolute atomic E-state index is 0.279. The van der Waals surface area contributed by atoms with E-state index in [2.05, 4.69) is 10.2 Å². The molecule has 1 aliphatic heterocycles. The summed E-state index contributed by atoms with van der Waals surface area (Å²) in [6.45, 7) is 6.74. The Bertz CT molecular complexity index is 532. The number of hydrogen-bond donors (Lipinski definition) is 0. The molecule has 0 saturated carbocycles. The molecule has 1 aromatic heterocycles. The monoisotopic (exact) mass is 291 g/mol. The van der Waals surface area contributed by atoms with Crippen molar-refractivity contribution in [1.82, 2.24) is 15.1 Å². The molecule has 0 radical (unpaired) electrons. The van der Waals surface area contributed by atoms with Crippen molar-refractivity contribution in [2.75, 3.05) is 20.2 Å². The molecule has 114 valence electrons. The second-order valence-electron chi connectivity index (χ2n) is 5.87. The smallest absolute Gasteiger partial charge is 0.410 e. The van der Waals surface area contributed by atoms with Gasteiger partial charge in [0, 0.05) is 19.2 Å². The van der Waals surface area contributed by atoms with Gasteiger partial charge in [0.15, 0.2) is 0 Å². The molecule has 1 amide bonds. The van der Waals surface area contributed by atoms with E-state index in [1.54, 1.807) is 18.1 Å². The molecule has 0 unspecified atom stereocenters. The van der Waals surface area contributed by atoms with Crippen molar-refractivity contribution in [3.05, 3.63) is 23.9 Å². The maximum absolute atomic E-state index is 12.0. The van der Waals surface area contributed by atoms with Gasteiger partial charge >= 0.3 is 6.09 Å². The fourth-order valence-electron chi connectivity index (χ4n) is 1.99. The Kier molecular flexibility index (Phi) is 4.45. The Hall–Kier alpha value is -2.11. The third kappa shape index (κ3) is 4.18. The highest BCUT2D eigenvalue weighted by Crippen LogP contribution is 2.22. The largest absolute Gasteiger partial charge is 0.480 e. The summed E-state index contributed by atoms with van der Waals surface area (Å²) < 4.78 is 10.4. The molecule has 0 N–H and O–H groups in total. The molecule has 0 saturated heterocycles. The highest BCUT2D eigenvalue weighted by molar-refractivity contribution is 5.71. The zero-order valence-electron chi connectivity index (χ0n) is 12.9. The number of ether oxygens (including phenoxy) is 2. The predicted molar refractivity (Wildman–Crippen MR) is 79.0 cm³/mol. The number of amides is 1. The van der Waals surface area contributed by atoms with Gasteiger partial charge in [-0.2, -0.15) is 0 Å². The lowest BCUT2D eigenvalue weighted by Gasteiger charge is -2.29. The van der Waals surface area contributed by atoms with Gasteiger partial charge in [0.25, 0.3) is 0 Å². The van der Waals surface area contributed by atoms with Crippen LogP contribution in [0.2, 0.25) is 0 Å². The first kappa shape index (κ1) is 15.3. The zero-order chi connectivity index (χ0) is 15.5. The summed E-state index contributed by atoms with van der Waals surface area (Å²) in [5.41, 5.74) is 1.44. The first-order valence-electron chi connectivity index (χ1n) is 6.94. The lowest BCUT2D eigenvalue weighted by molar-refractivity contribution is 0.0270. The normalized spacial score (nSPS) is 15.4. The fraction of sp³-hybridized carbons (Fsp3) is 0.533. The first-order valence-corrected chi connectivity index (χ1v) is 6.94. The van der Waals surface area contributed by atoms with E-state index in [1.807, 2.05) is 32.9 Å². The van der Waals surface area contributed by atoms with E-state index in [0.29, 0.717) is 19.0 Å². The molecular weight excluding hydrogens is 270 g/mol. The summed E-state index contributed by atoms with van der Waals surface area (Å²) in [5.74, 6) is 0.491. The molecule has 0 aliphatic carbocycles. The van der Waals surface area contributed by atoms with Crippen LogP contribution in [0.3, 0.4) is 0 Å². The third-order valence-corrected chi connectivity index (χ3v) is 3.04. The van der Waals surface area contributed by atoms with Crippen molar-refractivity contribution >= 4 is 11.7 Å². The molecule has 6 nitrogen and oxygen atoms in total. The van der Waals surface area contributed by atoms with Crippen LogP contribution in [0.4, 0.5) is 4.79 Å². The van der Waals surface area contributed by atoms with E-state index in [9.17, 15) is 4.79 Å². The number of carbonyl (C=O) groups excluding carboxylic acids is 1. The summed E-state index contributed by atoms with van der Waals surface area (Å²) in [4.78, 5) is 13.7. The van der Waals surface area contributed by atoms with Gasteiger partial charge in [-0.05, 0) is 38.8 Å². The molecule has 6 heteroatoms. The van der Waals surface area contributed by atoms with E-state index in [1.165, 1.54) is 0 Å². The van der Waals surface area contributed by atoms with Crippen LogP contribution in [0.1, 0.15) is 32.9 Å². The molecule has 0 bridgehead atoms. The van der Waals surface area contributed by atoms with Crippen molar-refractivity contribution in [3.63, 3.8) is 0 Å². The Morgan fingerprint density at radius 3 is 2.52 bits per heavy atom. The van der Waals surface area contributed by atoms with Gasteiger partial charge in [-0.15, -0.1) is 10.2 Å². The van der Waals surface area contributed by atoms with Gasteiger partial charge < -0.3 is 14.4 Å². The number of rotatable bonds is 2. The average Bonchev–Trinajstić information content (AvgIpc) is 2.46. The first-order chi connectivity index (χ1) is 9.89. The summed E-state index contributed by atoms with van der Waals surface area (Å²) in [7, 11) is 1.56. The van der Waals surface area contributed by atoms with E-state index in [0.717, 1.165) is 17.7 Å². The molecule has 0 fully saturated rings. The van der Waals surface area contributed by atoms with Crippen LogP contribution in [-0.2, 0) is 4.74 Å². The molecular formula is C15H21N3O3. The van der Waals surface area contributed by atoms with Gasteiger partial charge in [0.05, 0.1) is 12.8 Å². The minimum Gasteiger partial charge on any atom is -0.480 e. The van der Waals surface area contributed by atoms with Crippen molar-refractivity contribution in [2.45, 2.75) is 32.8 Å². The van der Waals surface area contributed by atoms with E-state index in [4.69, 9.17) is 9.47 Å². The molecule has 2 heterocycles. The van der Waals surface area contributed by atoms with Crippen molar-refractivity contribution < 1.29 is 14.3 Å². The van der Waals surface area contributed by atoms with Crippen molar-refractivity contribution in [2.24, 2.45) is 0 Å². The predicted octanol–water partition coefficient (Wildman–Crippen LogP) is 2.51. The van der Waals surface area contributed by atoms with Crippen LogP contribution in [0.25, 0.3) is 5.57 Å². The lowest BCUT2D eigenvalue weighted by Crippen LogP contribution is -2.39. The van der Waals surface area contributed by atoms with Crippen LogP contribution in [0.5, 0.6) is 5.88 Å². The quantitative estimate of drug-likeness (QED) is 0.837. The van der Waals surface area contributed by atoms with Gasteiger partial charge in [0.1, 0.15) is 5.60 Å². The number of hydrogen-bond acceptors (Lipinski definition) is 5. The maximum atomic E-state index is 12.0. The van der Waals surface area contributed by atoms with Gasteiger partial charge in [-0.3, -0.25) is 0 Å². The van der Waals surface area contributed by atoms with Crippen molar-refractivity contribution in [3.8, 4) is 5.88 Å². The highest BCUT2D eigenvalue weighted by atomic mass is 16.6. The van der Waals surface area contributed by atoms with Crippen LogP contribution < -0.4 is 4.74 Å². The molecule has 0 atom stereocenters. The summed E-state index contributed by atoms with van der Waals surface area (Å²) in [6.07, 6.45) is 2.45. The summed E-state index contributed by atoms with van der Waals surface area (Å²) in [6, 6.07) is 3.66. The standard InChI is InChI=1S/C15H21N3O3/c1-15(2,3)21-14(19)18-9-7-11(8-10-18)12-5-6-13(20-4)17-16-12/h5-7H,8-10H2,1-4H3. The van der Waals surface area contributed by atoms with E-state index < -0.39 is 5.60 Å². The van der Waals surface area contributed by atoms with Crippen LogP contribution in [0, 0.1) is 0 Å². The molecule has 1 aromatic rings. The van der Waals surface area contributed by atoms with E-state index >= 15 is 0 Å². The average molecular weight is 291 g/mol. The van der Waals surface area contributed by atoms with Gasteiger partial charge in [-0.25, -0.2) is 4.79 Å². The number of aromatic nitrogens is 2. The van der Waals surface area contributed by atoms with Crippen LogP contribution in [0.15, 0.2) is 18.2 Å². The second kappa shape index (κ2) is 6.11. The maximum Gasteiger partial charge on any atom is 0.410 e. The Morgan fingerprint density at radius 2 is 2.05 bits per heavy atom. The number of carbonyl (C=O) groups is 1. The second-order valence-corrected chi connectivity index (χ2v) is 5.87.